The van der Waals surface area contributed by atoms with Gasteiger partial charge in [-0.3, -0.25) is 0 Å². The largest absolute Gasteiger partial charge is 0.419 e. The first kappa shape index (κ1) is 19.2. The molecule has 4 rings (SSSR count). The van der Waals surface area contributed by atoms with Crippen LogP contribution >= 0.6 is 11.6 Å². The van der Waals surface area contributed by atoms with Gasteiger partial charge in [0.15, 0.2) is 5.15 Å². The number of ether oxygens (including phenoxy) is 1. The molecule has 1 aromatic rings. The third kappa shape index (κ3) is 4.49. The molecule has 0 bridgehead atoms. The van der Waals surface area contributed by atoms with Crippen LogP contribution in [0.1, 0.15) is 31.2 Å². The summed E-state index contributed by atoms with van der Waals surface area (Å²) in [6.07, 6.45) is -0.318. The minimum atomic E-state index is -4.53. The normalized spacial score (nSPS) is 27.9. The summed E-state index contributed by atoms with van der Waals surface area (Å²) in [5.74, 6) is 2.08. The minimum Gasteiger partial charge on any atom is -0.381 e. The zero-order valence-electron chi connectivity index (χ0n) is 15.0. The van der Waals surface area contributed by atoms with Gasteiger partial charge in [0.1, 0.15) is 5.82 Å². The van der Waals surface area contributed by atoms with Crippen LogP contribution in [0.5, 0.6) is 0 Å². The summed E-state index contributed by atoms with van der Waals surface area (Å²) in [4.78, 5) is 2.56. The Kier molecular flexibility index (Phi) is 5.49. The second-order valence-electron chi connectivity index (χ2n) is 8.04. The summed E-state index contributed by atoms with van der Waals surface area (Å²) in [5, 5.41) is 9.77. The van der Waals surface area contributed by atoms with Gasteiger partial charge in [-0.2, -0.15) is 13.2 Å². The van der Waals surface area contributed by atoms with Crippen molar-refractivity contribution in [1.82, 2.24) is 15.1 Å². The topological polar surface area (TPSA) is 50.3 Å². The number of hydrogen-bond acceptors (Lipinski definition) is 5. The molecule has 3 aliphatic rings. The molecule has 3 heterocycles. The van der Waals surface area contributed by atoms with Crippen molar-refractivity contribution in [2.75, 3.05) is 38.2 Å². The quantitative estimate of drug-likeness (QED) is 0.829. The third-order valence-electron chi connectivity index (χ3n) is 6.09. The second-order valence-corrected chi connectivity index (χ2v) is 8.40. The lowest BCUT2D eigenvalue weighted by molar-refractivity contribution is -0.137. The standard InChI is InChI=1S/C18H24ClF3N4O/c19-17-15(18(20,21)22)7-16(24-25-17)23-14-5-12-9-26(10-13(12)6-14)8-11-1-3-27-4-2-11/h7,11-14H,1-6,8-10H2,(H,23,24)/t12-,13-/m1/s1. The predicted octanol–water partition coefficient (Wildman–Crippen LogP) is 3.70. The summed E-state index contributed by atoms with van der Waals surface area (Å²) >= 11 is 5.54. The van der Waals surface area contributed by atoms with Crippen molar-refractivity contribution >= 4 is 17.4 Å². The van der Waals surface area contributed by atoms with Gasteiger partial charge in [0, 0.05) is 38.9 Å². The number of hydrogen-bond donors (Lipinski definition) is 1. The number of alkyl halides is 3. The number of nitrogens with one attached hydrogen (secondary N) is 1. The van der Waals surface area contributed by atoms with Crippen molar-refractivity contribution in [2.45, 2.75) is 37.9 Å². The molecule has 2 aliphatic heterocycles. The van der Waals surface area contributed by atoms with Gasteiger partial charge in [0.05, 0.1) is 5.56 Å². The van der Waals surface area contributed by atoms with Gasteiger partial charge in [-0.1, -0.05) is 11.6 Å². The number of likely N-dealkylation sites (tertiary alicyclic amines) is 1. The molecule has 150 valence electrons. The maximum absolute atomic E-state index is 13.0. The zero-order chi connectivity index (χ0) is 19.0. The first-order valence-corrected chi connectivity index (χ1v) is 9.93. The summed E-state index contributed by atoms with van der Waals surface area (Å²) < 4.78 is 44.3. The lowest BCUT2D eigenvalue weighted by Gasteiger charge is -2.27. The molecule has 2 atom stereocenters. The molecule has 0 radical (unpaired) electrons. The highest BCUT2D eigenvalue weighted by Gasteiger charge is 2.41. The van der Waals surface area contributed by atoms with E-state index < -0.39 is 16.9 Å². The Morgan fingerprint density at radius 3 is 2.44 bits per heavy atom. The average Bonchev–Trinajstić information content (AvgIpc) is 3.14. The number of nitrogens with zero attached hydrogens (tertiary/aromatic N) is 3. The third-order valence-corrected chi connectivity index (χ3v) is 6.37. The smallest absolute Gasteiger partial charge is 0.381 e. The minimum absolute atomic E-state index is 0.141. The zero-order valence-corrected chi connectivity index (χ0v) is 15.8. The number of halogens is 4. The van der Waals surface area contributed by atoms with Crippen LogP contribution in [0.15, 0.2) is 6.07 Å². The average molecular weight is 405 g/mol. The number of rotatable bonds is 4. The maximum Gasteiger partial charge on any atom is 0.419 e. The fourth-order valence-corrected chi connectivity index (χ4v) is 5.01. The van der Waals surface area contributed by atoms with Crippen molar-refractivity contribution < 1.29 is 17.9 Å². The molecule has 1 aliphatic carbocycles. The van der Waals surface area contributed by atoms with Crippen molar-refractivity contribution in [3.05, 3.63) is 16.8 Å². The highest BCUT2D eigenvalue weighted by atomic mass is 35.5. The molecule has 5 nitrogen and oxygen atoms in total. The molecule has 3 fully saturated rings. The Hall–Kier alpha value is -1.12. The number of aromatic nitrogens is 2. The summed E-state index contributed by atoms with van der Waals surface area (Å²) in [6, 6.07) is 1.10. The monoisotopic (exact) mass is 404 g/mol. The predicted molar refractivity (Wildman–Crippen MR) is 95.7 cm³/mol. The van der Waals surface area contributed by atoms with E-state index in [1.165, 1.54) is 0 Å². The van der Waals surface area contributed by atoms with Crippen molar-refractivity contribution in [1.29, 1.82) is 0 Å². The van der Waals surface area contributed by atoms with Gasteiger partial charge < -0.3 is 15.0 Å². The van der Waals surface area contributed by atoms with Gasteiger partial charge in [0.25, 0.3) is 0 Å². The van der Waals surface area contributed by atoms with E-state index in [0.29, 0.717) is 11.8 Å². The van der Waals surface area contributed by atoms with Crippen LogP contribution in [0.2, 0.25) is 5.15 Å². The molecule has 2 saturated heterocycles. The maximum atomic E-state index is 13.0. The molecule has 0 aromatic carbocycles. The first-order valence-electron chi connectivity index (χ1n) is 9.55. The van der Waals surface area contributed by atoms with E-state index in [4.69, 9.17) is 16.3 Å². The Morgan fingerprint density at radius 2 is 1.81 bits per heavy atom. The number of anilines is 1. The molecule has 1 N–H and O–H groups in total. The SMILES string of the molecule is FC(F)(F)c1cc(NC2C[C@@H]3CN(CC4CCOCC4)C[C@H]3C2)nnc1Cl. The van der Waals surface area contributed by atoms with E-state index in [9.17, 15) is 13.2 Å². The first-order chi connectivity index (χ1) is 12.9. The fraction of sp³-hybridized carbons (Fsp3) is 0.778. The lowest BCUT2D eigenvalue weighted by Crippen LogP contribution is -2.32. The van der Waals surface area contributed by atoms with Gasteiger partial charge in [-0.25, -0.2) is 0 Å². The van der Waals surface area contributed by atoms with Crippen molar-refractivity contribution in [2.24, 2.45) is 17.8 Å². The van der Waals surface area contributed by atoms with Crippen molar-refractivity contribution in [3.8, 4) is 0 Å². The van der Waals surface area contributed by atoms with Gasteiger partial charge in [-0.05, 0) is 49.5 Å². The van der Waals surface area contributed by atoms with Gasteiger partial charge in [-0.15, -0.1) is 10.2 Å². The van der Waals surface area contributed by atoms with E-state index in [-0.39, 0.29) is 11.9 Å². The summed E-state index contributed by atoms with van der Waals surface area (Å²) in [5.41, 5.74) is -0.942. The van der Waals surface area contributed by atoms with Gasteiger partial charge >= 0.3 is 6.18 Å². The Bertz CT molecular complexity index is 654. The van der Waals surface area contributed by atoms with E-state index in [0.717, 1.165) is 70.5 Å². The van der Waals surface area contributed by atoms with E-state index in [1.807, 2.05) is 0 Å². The van der Waals surface area contributed by atoms with Crippen LogP contribution in [0.4, 0.5) is 19.0 Å². The summed E-state index contributed by atoms with van der Waals surface area (Å²) in [7, 11) is 0. The fourth-order valence-electron chi connectivity index (χ4n) is 4.81. The summed E-state index contributed by atoms with van der Waals surface area (Å²) in [6.45, 7) is 5.06. The molecule has 27 heavy (non-hydrogen) atoms. The molecule has 9 heteroatoms. The lowest BCUT2D eigenvalue weighted by atomic mass is 10.00. The van der Waals surface area contributed by atoms with E-state index in [2.05, 4.69) is 20.4 Å². The highest BCUT2D eigenvalue weighted by Crippen LogP contribution is 2.40. The second kappa shape index (κ2) is 7.72. The number of fused-ring (bicyclic) bond motifs is 1. The molecule has 0 amide bonds. The van der Waals surface area contributed by atoms with Crippen LogP contribution in [0.25, 0.3) is 0 Å². The van der Waals surface area contributed by atoms with Crippen LogP contribution < -0.4 is 5.32 Å². The highest BCUT2D eigenvalue weighted by molar-refractivity contribution is 6.30. The Balaban J connectivity index is 1.30. The van der Waals surface area contributed by atoms with Crippen molar-refractivity contribution in [3.63, 3.8) is 0 Å². The molecule has 0 unspecified atom stereocenters. The van der Waals surface area contributed by atoms with E-state index in [1.54, 1.807) is 0 Å². The Morgan fingerprint density at radius 1 is 1.15 bits per heavy atom. The molecular formula is C18H24ClF3N4O. The van der Waals surface area contributed by atoms with E-state index >= 15 is 0 Å². The van der Waals surface area contributed by atoms with Gasteiger partial charge in [0.2, 0.25) is 0 Å². The van der Waals surface area contributed by atoms with Crippen LogP contribution in [-0.4, -0.2) is 54.0 Å². The molecular weight excluding hydrogens is 381 g/mol. The molecule has 1 saturated carbocycles. The van der Waals surface area contributed by atoms with Crippen LogP contribution in [0.3, 0.4) is 0 Å². The molecule has 0 spiro atoms. The Labute approximate surface area is 161 Å². The van der Waals surface area contributed by atoms with Crippen LogP contribution in [0, 0.1) is 17.8 Å². The van der Waals surface area contributed by atoms with Crippen LogP contribution in [-0.2, 0) is 10.9 Å². The molecule has 1 aromatic heterocycles.